The molecule has 22 heavy (non-hydrogen) atoms. The second-order valence-electron chi connectivity index (χ2n) is 6.07. The van der Waals surface area contributed by atoms with Gasteiger partial charge in [-0.3, -0.25) is 4.79 Å². The maximum atomic E-state index is 12.2. The van der Waals surface area contributed by atoms with Crippen molar-refractivity contribution in [3.8, 4) is 0 Å². The number of carbonyl (C=O) groups excluding carboxylic acids is 1. The van der Waals surface area contributed by atoms with Gasteiger partial charge < -0.3 is 5.32 Å². The minimum Gasteiger partial charge on any atom is -0.344 e. The number of fused-ring (bicyclic) bond motifs is 1. The number of rotatable bonds is 4. The first-order valence-electron chi connectivity index (χ1n) is 8.07. The molecule has 1 heterocycles. The van der Waals surface area contributed by atoms with E-state index in [-0.39, 0.29) is 11.9 Å². The van der Waals surface area contributed by atoms with Crippen LogP contribution in [0.3, 0.4) is 0 Å². The lowest BCUT2D eigenvalue weighted by Crippen LogP contribution is -2.43. The minimum atomic E-state index is 0.0342. The van der Waals surface area contributed by atoms with Gasteiger partial charge in [0.05, 0.1) is 6.04 Å². The molecular formula is C19H23N2O+. The smallest absolute Gasteiger partial charge is 0.286 e. The molecular weight excluding hydrogens is 272 g/mol. The van der Waals surface area contributed by atoms with Crippen molar-refractivity contribution >= 4 is 5.91 Å². The topological polar surface area (TPSA) is 33.0 Å². The van der Waals surface area contributed by atoms with E-state index >= 15 is 0 Å². The number of aryl methyl sites for hydroxylation is 2. The Bertz CT molecular complexity index is 652. The summed E-state index contributed by atoms with van der Waals surface area (Å²) in [5.74, 6) is 0.0529. The Labute approximate surface area is 132 Å². The van der Waals surface area contributed by atoms with E-state index in [2.05, 4.69) is 17.6 Å². The fourth-order valence-corrected chi connectivity index (χ4v) is 3.10. The Morgan fingerprint density at radius 2 is 1.86 bits per heavy atom. The van der Waals surface area contributed by atoms with E-state index in [9.17, 15) is 4.79 Å². The van der Waals surface area contributed by atoms with Gasteiger partial charge in [0, 0.05) is 11.6 Å². The summed E-state index contributed by atoms with van der Waals surface area (Å²) in [5, 5.41) is 3.06. The maximum absolute atomic E-state index is 12.2. The van der Waals surface area contributed by atoms with Gasteiger partial charge in [-0.2, -0.15) is 4.57 Å². The minimum absolute atomic E-state index is 0.0342. The quantitative estimate of drug-likeness (QED) is 0.864. The molecule has 1 aliphatic rings. The molecule has 3 heteroatoms. The molecule has 0 unspecified atom stereocenters. The summed E-state index contributed by atoms with van der Waals surface area (Å²) in [7, 11) is 0. The number of pyridine rings is 1. The number of hydrogen-bond donors (Lipinski definition) is 1. The molecule has 0 bridgehead atoms. The summed E-state index contributed by atoms with van der Waals surface area (Å²) < 4.78 is 2.00. The number of aromatic nitrogens is 1. The van der Waals surface area contributed by atoms with Crippen LogP contribution in [0.15, 0.2) is 48.8 Å². The van der Waals surface area contributed by atoms with Crippen molar-refractivity contribution < 1.29 is 9.36 Å². The lowest BCUT2D eigenvalue weighted by Gasteiger charge is -2.15. The second-order valence-corrected chi connectivity index (χ2v) is 6.07. The Morgan fingerprint density at radius 3 is 2.64 bits per heavy atom. The van der Waals surface area contributed by atoms with E-state index in [4.69, 9.17) is 0 Å². The lowest BCUT2D eigenvalue weighted by atomic mass is 9.93. The monoisotopic (exact) mass is 295 g/mol. The third-order valence-corrected chi connectivity index (χ3v) is 4.35. The lowest BCUT2D eigenvalue weighted by molar-refractivity contribution is -0.685. The molecule has 1 aromatic carbocycles. The van der Waals surface area contributed by atoms with Gasteiger partial charge >= 0.3 is 0 Å². The van der Waals surface area contributed by atoms with Crippen LogP contribution < -0.4 is 9.88 Å². The van der Waals surface area contributed by atoms with Gasteiger partial charge in [0.25, 0.3) is 5.91 Å². The molecule has 2 aromatic rings. The highest BCUT2D eigenvalue weighted by molar-refractivity contribution is 5.74. The summed E-state index contributed by atoms with van der Waals surface area (Å²) in [6, 6.07) is 12.3. The number of carbonyl (C=O) groups is 1. The van der Waals surface area contributed by atoms with E-state index in [1.54, 1.807) is 0 Å². The predicted molar refractivity (Wildman–Crippen MR) is 86.3 cm³/mol. The van der Waals surface area contributed by atoms with Crippen LogP contribution in [0.1, 0.15) is 42.5 Å². The summed E-state index contributed by atoms with van der Waals surface area (Å²) in [6.45, 7) is 2.40. The maximum Gasteiger partial charge on any atom is 0.286 e. The van der Waals surface area contributed by atoms with Crippen LogP contribution in [0.5, 0.6) is 0 Å². The molecule has 3 rings (SSSR count). The van der Waals surface area contributed by atoms with Gasteiger partial charge in [-0.25, -0.2) is 0 Å². The fraction of sp³-hybridized carbons (Fsp3) is 0.368. The van der Waals surface area contributed by atoms with E-state index in [0.717, 1.165) is 12.0 Å². The van der Waals surface area contributed by atoms with E-state index < -0.39 is 0 Å². The molecule has 0 saturated carbocycles. The molecule has 1 aliphatic carbocycles. The van der Waals surface area contributed by atoms with Gasteiger partial charge in [-0.05, 0) is 43.7 Å². The van der Waals surface area contributed by atoms with Crippen molar-refractivity contribution in [1.29, 1.82) is 0 Å². The Kier molecular flexibility index (Phi) is 4.52. The van der Waals surface area contributed by atoms with Crippen LogP contribution in [0.25, 0.3) is 0 Å². The standard InChI is InChI=1S/C19H22N2O/c1-15(16-7-3-2-4-8-16)20-19(22)14-21-12-11-17-9-5-6-10-18(17)13-21/h2-4,7-8,11-13,15H,5-6,9-10,14H2,1H3/p+1/t15-/m0/s1. The number of nitrogens with one attached hydrogen (secondary N) is 1. The molecule has 1 aromatic heterocycles. The second kappa shape index (κ2) is 6.73. The van der Waals surface area contributed by atoms with E-state index in [1.807, 2.05) is 48.0 Å². The van der Waals surface area contributed by atoms with Gasteiger partial charge in [-0.15, -0.1) is 0 Å². The number of nitrogens with zero attached hydrogens (tertiary/aromatic N) is 1. The van der Waals surface area contributed by atoms with Crippen molar-refractivity contribution in [2.75, 3.05) is 0 Å². The summed E-state index contributed by atoms with van der Waals surface area (Å²) >= 11 is 0. The zero-order valence-electron chi connectivity index (χ0n) is 13.1. The first-order chi connectivity index (χ1) is 10.7. The van der Waals surface area contributed by atoms with Crippen molar-refractivity contribution in [3.05, 3.63) is 65.5 Å². The third-order valence-electron chi connectivity index (χ3n) is 4.35. The first kappa shape index (κ1) is 14.8. The largest absolute Gasteiger partial charge is 0.344 e. The Morgan fingerprint density at radius 1 is 1.14 bits per heavy atom. The normalized spacial score (nSPS) is 15.0. The highest BCUT2D eigenvalue weighted by Crippen LogP contribution is 2.18. The predicted octanol–water partition coefficient (Wildman–Crippen LogP) is 2.73. The van der Waals surface area contributed by atoms with Gasteiger partial charge in [0.15, 0.2) is 12.4 Å². The molecule has 0 fully saturated rings. The molecule has 1 N–H and O–H groups in total. The van der Waals surface area contributed by atoms with Crippen molar-refractivity contribution in [1.82, 2.24) is 5.32 Å². The molecule has 0 radical (unpaired) electrons. The third kappa shape index (κ3) is 3.53. The summed E-state index contributed by atoms with van der Waals surface area (Å²) in [6.07, 6.45) is 9.02. The molecule has 114 valence electrons. The van der Waals surface area contributed by atoms with Crippen LogP contribution >= 0.6 is 0 Å². The number of amides is 1. The molecule has 3 nitrogen and oxygen atoms in total. The highest BCUT2D eigenvalue weighted by atomic mass is 16.2. The molecule has 1 amide bonds. The first-order valence-corrected chi connectivity index (χ1v) is 8.07. The van der Waals surface area contributed by atoms with Crippen LogP contribution in [-0.2, 0) is 24.2 Å². The molecule has 0 aliphatic heterocycles. The highest BCUT2D eigenvalue weighted by Gasteiger charge is 2.17. The van der Waals surface area contributed by atoms with Gasteiger partial charge in [-0.1, -0.05) is 30.3 Å². The fourth-order valence-electron chi connectivity index (χ4n) is 3.10. The number of hydrogen-bond acceptors (Lipinski definition) is 1. The molecule has 0 saturated heterocycles. The van der Waals surface area contributed by atoms with Gasteiger partial charge in [0.2, 0.25) is 6.54 Å². The summed E-state index contributed by atoms with van der Waals surface area (Å²) in [4.78, 5) is 12.2. The van der Waals surface area contributed by atoms with Crippen molar-refractivity contribution in [2.45, 2.75) is 45.2 Å². The Balaban J connectivity index is 1.62. The van der Waals surface area contributed by atoms with Crippen LogP contribution in [0.4, 0.5) is 0 Å². The van der Waals surface area contributed by atoms with Crippen LogP contribution in [0.2, 0.25) is 0 Å². The van der Waals surface area contributed by atoms with Crippen molar-refractivity contribution in [3.63, 3.8) is 0 Å². The van der Waals surface area contributed by atoms with E-state index in [0.29, 0.717) is 6.54 Å². The Hall–Kier alpha value is -2.16. The van der Waals surface area contributed by atoms with Gasteiger partial charge in [0.1, 0.15) is 0 Å². The SMILES string of the molecule is C[C@H](NC(=O)C[n+]1ccc2c(c1)CCCC2)c1ccccc1. The zero-order valence-corrected chi connectivity index (χ0v) is 13.1. The summed E-state index contributed by atoms with van der Waals surface area (Å²) in [5.41, 5.74) is 3.98. The average molecular weight is 295 g/mol. The van der Waals surface area contributed by atoms with Crippen LogP contribution in [-0.4, -0.2) is 5.91 Å². The van der Waals surface area contributed by atoms with E-state index in [1.165, 1.54) is 30.4 Å². The molecule has 0 spiro atoms. The zero-order chi connectivity index (χ0) is 15.4. The number of benzene rings is 1. The molecule has 1 atom stereocenters. The average Bonchev–Trinajstić information content (AvgIpc) is 2.55. The van der Waals surface area contributed by atoms with Crippen LogP contribution in [0, 0.1) is 0 Å². The van der Waals surface area contributed by atoms with Crippen molar-refractivity contribution in [2.24, 2.45) is 0 Å².